The van der Waals surface area contributed by atoms with Gasteiger partial charge in [0.25, 0.3) is 0 Å². The van der Waals surface area contributed by atoms with Gasteiger partial charge >= 0.3 is 6.18 Å². The van der Waals surface area contributed by atoms with E-state index in [2.05, 4.69) is 5.32 Å². The molecule has 0 radical (unpaired) electrons. The molecule has 1 rings (SSSR count). The molecule has 0 fully saturated rings. The molecule has 0 aromatic carbocycles. The van der Waals surface area contributed by atoms with Crippen LogP contribution in [0.1, 0.15) is 23.1 Å². The topological polar surface area (TPSA) is 21.3 Å². The second kappa shape index (κ2) is 6.98. The Morgan fingerprint density at radius 3 is 2.65 bits per heavy atom. The highest BCUT2D eigenvalue weighted by Gasteiger charge is 2.26. The molecule has 1 aromatic rings. The lowest BCUT2D eigenvalue weighted by Gasteiger charge is -2.05. The first kappa shape index (κ1) is 14.5. The molecule has 1 aromatic heterocycles. The Morgan fingerprint density at radius 1 is 1.29 bits per heavy atom. The fraction of sp³-hybridized carbons (Fsp3) is 0.636. The minimum Gasteiger partial charge on any atom is -0.376 e. The zero-order valence-corrected chi connectivity index (χ0v) is 10.5. The number of nitrogens with one attached hydrogen (secondary N) is 1. The summed E-state index contributed by atoms with van der Waals surface area (Å²) in [5.74, 6) is 0. The molecule has 0 saturated heterocycles. The van der Waals surface area contributed by atoms with Gasteiger partial charge in [-0.05, 0) is 18.7 Å². The van der Waals surface area contributed by atoms with Gasteiger partial charge in [-0.2, -0.15) is 13.2 Å². The lowest BCUT2D eigenvalue weighted by Crippen LogP contribution is -2.11. The molecule has 0 aliphatic heterocycles. The molecule has 1 N–H and O–H groups in total. The molecule has 17 heavy (non-hydrogen) atoms. The van der Waals surface area contributed by atoms with Crippen molar-refractivity contribution in [3.05, 3.63) is 21.9 Å². The van der Waals surface area contributed by atoms with Crippen molar-refractivity contribution in [2.45, 2.75) is 32.7 Å². The number of hydrogen-bond donors (Lipinski definition) is 1. The summed E-state index contributed by atoms with van der Waals surface area (Å²) in [5.41, 5.74) is 0. The van der Waals surface area contributed by atoms with Crippen LogP contribution >= 0.6 is 11.3 Å². The molecule has 0 spiro atoms. The van der Waals surface area contributed by atoms with E-state index in [9.17, 15) is 13.2 Å². The van der Waals surface area contributed by atoms with E-state index >= 15 is 0 Å². The van der Waals surface area contributed by atoms with Crippen molar-refractivity contribution in [1.29, 1.82) is 0 Å². The van der Waals surface area contributed by atoms with Crippen molar-refractivity contribution in [3.63, 3.8) is 0 Å². The van der Waals surface area contributed by atoms with Gasteiger partial charge in [0.05, 0.1) is 19.6 Å². The van der Waals surface area contributed by atoms with Crippen LogP contribution < -0.4 is 5.32 Å². The van der Waals surface area contributed by atoms with Gasteiger partial charge in [-0.15, -0.1) is 11.3 Å². The third kappa shape index (κ3) is 6.65. The van der Waals surface area contributed by atoms with E-state index in [1.165, 1.54) is 4.88 Å². The lowest BCUT2D eigenvalue weighted by molar-refractivity contribution is -0.145. The Bertz CT molecular complexity index is 325. The van der Waals surface area contributed by atoms with E-state index in [-0.39, 0.29) is 13.2 Å². The summed E-state index contributed by atoms with van der Waals surface area (Å²) in [6, 6.07) is 3.86. The van der Waals surface area contributed by atoms with Crippen LogP contribution in [-0.4, -0.2) is 19.3 Å². The Morgan fingerprint density at radius 2 is 2.00 bits per heavy atom. The Labute approximate surface area is 103 Å². The minimum atomic E-state index is -4.13. The van der Waals surface area contributed by atoms with Gasteiger partial charge in [-0.1, -0.05) is 6.92 Å². The van der Waals surface area contributed by atoms with E-state index in [1.54, 1.807) is 11.3 Å². The van der Waals surface area contributed by atoms with E-state index in [0.717, 1.165) is 18.0 Å². The van der Waals surface area contributed by atoms with Gasteiger partial charge in [0.2, 0.25) is 0 Å². The number of rotatable bonds is 7. The molecule has 0 aliphatic rings. The number of ether oxygens (including phenoxy) is 1. The molecule has 98 valence electrons. The molecule has 2 nitrogen and oxygen atoms in total. The maximum absolute atomic E-state index is 11.8. The van der Waals surface area contributed by atoms with Crippen molar-refractivity contribution in [2.75, 3.05) is 13.2 Å². The fourth-order valence-corrected chi connectivity index (χ4v) is 2.13. The van der Waals surface area contributed by atoms with Crippen molar-refractivity contribution in [1.82, 2.24) is 5.32 Å². The third-order valence-electron chi connectivity index (χ3n) is 2.04. The summed E-state index contributed by atoms with van der Waals surface area (Å²) < 4.78 is 40.5. The highest BCUT2D eigenvalue weighted by atomic mass is 32.1. The Kier molecular flexibility index (Phi) is 5.94. The quantitative estimate of drug-likeness (QED) is 0.765. The average Bonchev–Trinajstić information content (AvgIpc) is 2.68. The average molecular weight is 267 g/mol. The summed E-state index contributed by atoms with van der Waals surface area (Å²) >= 11 is 1.56. The SMILES string of the molecule is CCNCc1ccc(COCCC(F)(F)F)s1. The molecular formula is C11H16F3NOS. The van der Waals surface area contributed by atoms with E-state index in [1.807, 2.05) is 19.1 Å². The van der Waals surface area contributed by atoms with Crippen molar-refractivity contribution in [2.24, 2.45) is 0 Å². The van der Waals surface area contributed by atoms with Crippen molar-refractivity contribution >= 4 is 11.3 Å². The highest BCUT2D eigenvalue weighted by molar-refractivity contribution is 7.11. The fourth-order valence-electron chi connectivity index (χ4n) is 1.20. The van der Waals surface area contributed by atoms with Gasteiger partial charge in [0.15, 0.2) is 0 Å². The predicted molar refractivity (Wildman–Crippen MR) is 62.0 cm³/mol. The van der Waals surface area contributed by atoms with E-state index < -0.39 is 12.6 Å². The lowest BCUT2D eigenvalue weighted by atomic mass is 10.4. The largest absolute Gasteiger partial charge is 0.391 e. The van der Waals surface area contributed by atoms with Gasteiger partial charge in [-0.25, -0.2) is 0 Å². The van der Waals surface area contributed by atoms with E-state index in [0.29, 0.717) is 0 Å². The van der Waals surface area contributed by atoms with Crippen LogP contribution in [0.5, 0.6) is 0 Å². The van der Waals surface area contributed by atoms with Gasteiger partial charge in [-0.3, -0.25) is 0 Å². The summed E-state index contributed by atoms with van der Waals surface area (Å²) in [7, 11) is 0. The van der Waals surface area contributed by atoms with Crippen molar-refractivity contribution in [3.8, 4) is 0 Å². The van der Waals surface area contributed by atoms with Crippen LogP contribution in [0, 0.1) is 0 Å². The molecule has 1 heterocycles. The highest BCUT2D eigenvalue weighted by Crippen LogP contribution is 2.20. The maximum atomic E-state index is 11.8. The van der Waals surface area contributed by atoms with Crippen LogP contribution in [0.4, 0.5) is 13.2 Å². The molecule has 0 atom stereocenters. The summed E-state index contributed by atoms with van der Waals surface area (Å²) in [6.07, 6.45) is -5.02. The van der Waals surface area contributed by atoms with Crippen LogP contribution in [0.3, 0.4) is 0 Å². The first-order chi connectivity index (χ1) is 8.01. The zero-order chi connectivity index (χ0) is 12.7. The van der Waals surface area contributed by atoms with Crippen LogP contribution in [0.25, 0.3) is 0 Å². The van der Waals surface area contributed by atoms with Crippen LogP contribution in [0.2, 0.25) is 0 Å². The second-order valence-electron chi connectivity index (χ2n) is 3.57. The van der Waals surface area contributed by atoms with Gasteiger partial charge < -0.3 is 10.1 Å². The molecule has 0 amide bonds. The zero-order valence-electron chi connectivity index (χ0n) is 9.64. The first-order valence-electron chi connectivity index (χ1n) is 5.44. The first-order valence-corrected chi connectivity index (χ1v) is 6.25. The second-order valence-corrected chi connectivity index (χ2v) is 4.82. The normalized spacial score (nSPS) is 12.0. The summed E-state index contributed by atoms with van der Waals surface area (Å²) in [6.45, 7) is 3.70. The number of alkyl halides is 3. The number of hydrogen-bond acceptors (Lipinski definition) is 3. The summed E-state index contributed by atoms with van der Waals surface area (Å²) in [5, 5.41) is 3.19. The minimum absolute atomic E-state index is 0.257. The summed E-state index contributed by atoms with van der Waals surface area (Å²) in [4.78, 5) is 2.13. The number of halogens is 3. The molecule has 0 unspecified atom stereocenters. The Hall–Kier alpha value is -0.590. The smallest absolute Gasteiger partial charge is 0.376 e. The maximum Gasteiger partial charge on any atom is 0.391 e. The molecule has 0 saturated carbocycles. The van der Waals surface area contributed by atoms with Gasteiger partial charge in [0, 0.05) is 16.3 Å². The third-order valence-corrected chi connectivity index (χ3v) is 3.10. The Balaban J connectivity index is 2.21. The molecule has 6 heteroatoms. The monoisotopic (exact) mass is 267 g/mol. The van der Waals surface area contributed by atoms with E-state index in [4.69, 9.17) is 4.74 Å². The van der Waals surface area contributed by atoms with Crippen LogP contribution in [-0.2, 0) is 17.9 Å². The number of thiophene rings is 1. The predicted octanol–water partition coefficient (Wildman–Crippen LogP) is 3.33. The molecule has 0 aliphatic carbocycles. The molecular weight excluding hydrogens is 251 g/mol. The molecule has 0 bridgehead atoms. The van der Waals surface area contributed by atoms with Crippen molar-refractivity contribution < 1.29 is 17.9 Å². The van der Waals surface area contributed by atoms with Gasteiger partial charge in [0.1, 0.15) is 0 Å². The van der Waals surface area contributed by atoms with Crippen LogP contribution in [0.15, 0.2) is 12.1 Å². The standard InChI is InChI=1S/C11H16F3NOS/c1-2-15-7-9-3-4-10(17-9)8-16-6-5-11(12,13)14/h3-4,15H,2,5-8H2,1H3.